The van der Waals surface area contributed by atoms with Crippen molar-refractivity contribution in [2.75, 3.05) is 13.1 Å². The molecule has 1 aromatic heterocycles. The van der Waals surface area contributed by atoms with Crippen molar-refractivity contribution in [1.82, 2.24) is 30.2 Å². The van der Waals surface area contributed by atoms with Crippen molar-refractivity contribution < 1.29 is 19.1 Å². The van der Waals surface area contributed by atoms with Gasteiger partial charge in [-0.15, -0.1) is 0 Å². The predicted octanol–water partition coefficient (Wildman–Crippen LogP) is 1.20. The Morgan fingerprint density at radius 3 is 2.75 bits per heavy atom. The SMILES string of the molecule is CC(C)N[C@H]1CCN(Cc2ccn(C)n2)C[C@@H]1Oc1ccc2c(c1)CN(C1CCC(=O)NC1=O)C2=O. The zero-order valence-electron chi connectivity index (χ0n) is 21.1. The van der Waals surface area contributed by atoms with Crippen LogP contribution in [0.3, 0.4) is 0 Å². The number of hydrogen-bond acceptors (Lipinski definition) is 7. The van der Waals surface area contributed by atoms with Crippen molar-refractivity contribution in [3.63, 3.8) is 0 Å². The van der Waals surface area contributed by atoms with Crippen molar-refractivity contribution in [2.45, 2.75) is 70.4 Å². The van der Waals surface area contributed by atoms with Crippen molar-refractivity contribution in [2.24, 2.45) is 7.05 Å². The van der Waals surface area contributed by atoms with Gasteiger partial charge in [0.2, 0.25) is 11.8 Å². The third kappa shape index (κ3) is 5.15. The summed E-state index contributed by atoms with van der Waals surface area (Å²) in [4.78, 5) is 40.8. The maximum Gasteiger partial charge on any atom is 0.255 e. The quantitative estimate of drug-likeness (QED) is 0.557. The predicted molar refractivity (Wildman–Crippen MR) is 132 cm³/mol. The lowest BCUT2D eigenvalue weighted by atomic mass is 10.00. The first-order valence-electron chi connectivity index (χ1n) is 12.7. The molecule has 2 aromatic rings. The highest BCUT2D eigenvalue weighted by Crippen LogP contribution is 2.31. The Labute approximate surface area is 210 Å². The first kappa shape index (κ1) is 24.5. The Morgan fingerprint density at radius 1 is 1.19 bits per heavy atom. The minimum absolute atomic E-state index is 0.0637. The molecule has 2 saturated heterocycles. The number of benzene rings is 1. The zero-order valence-corrected chi connectivity index (χ0v) is 21.1. The molecular weight excluding hydrogens is 460 g/mol. The van der Waals surface area contributed by atoms with Gasteiger partial charge in [0.25, 0.3) is 5.91 Å². The van der Waals surface area contributed by atoms with E-state index in [1.165, 1.54) is 0 Å². The van der Waals surface area contributed by atoms with Crippen LogP contribution in [0.25, 0.3) is 0 Å². The number of piperidine rings is 2. The molecule has 0 radical (unpaired) electrons. The molecule has 1 aromatic carbocycles. The smallest absolute Gasteiger partial charge is 0.255 e. The third-order valence-corrected chi connectivity index (χ3v) is 7.13. The van der Waals surface area contributed by atoms with E-state index in [0.29, 0.717) is 30.3 Å². The zero-order chi connectivity index (χ0) is 25.4. The Morgan fingerprint density at radius 2 is 2.03 bits per heavy atom. The number of rotatable bonds is 7. The van der Waals surface area contributed by atoms with Crippen LogP contribution in [0.1, 0.15) is 54.7 Å². The average molecular weight is 495 g/mol. The number of nitrogens with one attached hydrogen (secondary N) is 2. The Kier molecular flexibility index (Phi) is 6.81. The first-order chi connectivity index (χ1) is 17.3. The summed E-state index contributed by atoms with van der Waals surface area (Å²) in [7, 11) is 1.92. The maximum atomic E-state index is 13.0. The lowest BCUT2D eigenvalue weighted by molar-refractivity contribution is -0.136. The summed E-state index contributed by atoms with van der Waals surface area (Å²) in [5.41, 5.74) is 2.47. The number of aryl methyl sites for hydroxylation is 1. The van der Waals surface area contributed by atoms with Crippen LogP contribution in [0.5, 0.6) is 5.75 Å². The second kappa shape index (κ2) is 10.0. The highest BCUT2D eigenvalue weighted by Gasteiger charge is 2.39. The first-order valence-corrected chi connectivity index (χ1v) is 12.7. The molecule has 5 rings (SSSR count). The van der Waals surface area contributed by atoms with E-state index in [9.17, 15) is 14.4 Å². The molecule has 3 aliphatic rings. The monoisotopic (exact) mass is 494 g/mol. The molecule has 0 bridgehead atoms. The second-order valence-corrected chi connectivity index (χ2v) is 10.3. The van der Waals surface area contributed by atoms with Gasteiger partial charge in [-0.1, -0.05) is 13.8 Å². The number of hydrogen-bond donors (Lipinski definition) is 2. The van der Waals surface area contributed by atoms with Crippen LogP contribution < -0.4 is 15.4 Å². The number of imide groups is 1. The molecule has 36 heavy (non-hydrogen) atoms. The van der Waals surface area contributed by atoms with E-state index in [1.54, 1.807) is 11.0 Å². The summed E-state index contributed by atoms with van der Waals surface area (Å²) in [6.07, 6.45) is 3.45. The summed E-state index contributed by atoms with van der Waals surface area (Å²) < 4.78 is 8.35. The van der Waals surface area contributed by atoms with Crippen LogP contribution in [0.2, 0.25) is 0 Å². The number of aromatic nitrogens is 2. The summed E-state index contributed by atoms with van der Waals surface area (Å²) in [5.74, 6) is -0.150. The molecule has 3 aliphatic heterocycles. The van der Waals surface area contributed by atoms with Gasteiger partial charge in [0.05, 0.1) is 5.69 Å². The normalized spacial score (nSPS) is 24.8. The molecule has 10 heteroatoms. The fraction of sp³-hybridized carbons (Fsp3) is 0.538. The molecular formula is C26H34N6O4. The number of ether oxygens (including phenoxy) is 1. The van der Waals surface area contributed by atoms with E-state index < -0.39 is 11.9 Å². The number of carbonyl (C=O) groups is 3. The van der Waals surface area contributed by atoms with Crippen LogP contribution in [-0.2, 0) is 29.7 Å². The second-order valence-electron chi connectivity index (χ2n) is 10.3. The van der Waals surface area contributed by atoms with Gasteiger partial charge in [0.1, 0.15) is 17.9 Å². The number of nitrogens with zero attached hydrogens (tertiary/aromatic N) is 4. The molecule has 0 aliphatic carbocycles. The van der Waals surface area contributed by atoms with Crippen molar-refractivity contribution in [1.29, 1.82) is 0 Å². The highest BCUT2D eigenvalue weighted by atomic mass is 16.5. The van der Waals surface area contributed by atoms with Crippen LogP contribution in [-0.4, -0.2) is 74.6 Å². The van der Waals surface area contributed by atoms with E-state index in [4.69, 9.17) is 4.74 Å². The molecule has 2 N–H and O–H groups in total. The van der Waals surface area contributed by atoms with Crippen LogP contribution in [0, 0.1) is 0 Å². The van der Waals surface area contributed by atoms with Crippen LogP contribution in [0.4, 0.5) is 0 Å². The van der Waals surface area contributed by atoms with Crippen molar-refractivity contribution in [3.05, 3.63) is 47.3 Å². The molecule has 192 valence electrons. The number of amides is 3. The van der Waals surface area contributed by atoms with Crippen LogP contribution >= 0.6 is 0 Å². The topological polar surface area (TPSA) is 109 Å². The Balaban J connectivity index is 1.29. The van der Waals surface area contributed by atoms with Gasteiger partial charge in [-0.2, -0.15) is 5.10 Å². The number of likely N-dealkylation sites (tertiary alicyclic amines) is 1. The fourth-order valence-corrected chi connectivity index (χ4v) is 5.44. The van der Waals surface area contributed by atoms with Gasteiger partial charge in [-0.05, 0) is 42.7 Å². The van der Waals surface area contributed by atoms with E-state index in [2.05, 4.69) is 34.5 Å². The van der Waals surface area contributed by atoms with Gasteiger partial charge in [0.15, 0.2) is 0 Å². The minimum Gasteiger partial charge on any atom is -0.487 e. The van der Waals surface area contributed by atoms with E-state index >= 15 is 0 Å². The maximum absolute atomic E-state index is 13.0. The molecule has 1 unspecified atom stereocenters. The lowest BCUT2D eigenvalue weighted by Gasteiger charge is -2.39. The molecule has 3 atom stereocenters. The lowest BCUT2D eigenvalue weighted by Crippen LogP contribution is -2.56. The minimum atomic E-state index is -0.620. The summed E-state index contributed by atoms with van der Waals surface area (Å²) >= 11 is 0. The fourth-order valence-electron chi connectivity index (χ4n) is 5.44. The summed E-state index contributed by atoms with van der Waals surface area (Å²) in [6.45, 7) is 7.11. The molecule has 10 nitrogen and oxygen atoms in total. The molecule has 2 fully saturated rings. The van der Waals surface area contributed by atoms with Gasteiger partial charge < -0.3 is 15.0 Å². The van der Waals surface area contributed by atoms with E-state index in [-0.39, 0.29) is 30.4 Å². The number of carbonyl (C=O) groups excluding carboxylic acids is 3. The van der Waals surface area contributed by atoms with Gasteiger partial charge in [-0.3, -0.25) is 29.3 Å². The van der Waals surface area contributed by atoms with Crippen molar-refractivity contribution >= 4 is 17.7 Å². The molecule has 4 heterocycles. The largest absolute Gasteiger partial charge is 0.487 e. The highest BCUT2D eigenvalue weighted by molar-refractivity contribution is 6.05. The molecule has 0 spiro atoms. The van der Waals surface area contributed by atoms with Gasteiger partial charge >= 0.3 is 0 Å². The molecule has 0 saturated carbocycles. The van der Waals surface area contributed by atoms with E-state index in [1.807, 2.05) is 36.1 Å². The Bertz CT molecular complexity index is 1160. The summed E-state index contributed by atoms with van der Waals surface area (Å²) in [6, 6.07) is 7.52. The third-order valence-electron chi connectivity index (χ3n) is 7.13. The van der Waals surface area contributed by atoms with Crippen molar-refractivity contribution in [3.8, 4) is 5.75 Å². The van der Waals surface area contributed by atoms with E-state index in [0.717, 1.165) is 37.3 Å². The average Bonchev–Trinajstić information content (AvgIpc) is 3.37. The van der Waals surface area contributed by atoms with Crippen LogP contribution in [0.15, 0.2) is 30.5 Å². The summed E-state index contributed by atoms with van der Waals surface area (Å²) in [5, 5.41) is 10.5. The standard InChI is InChI=1S/C26H34N6O4/c1-16(2)27-21-9-11-31(14-18-8-10-30(3)29-18)15-23(21)36-19-4-5-20-17(12-19)13-32(26(20)35)22-6-7-24(33)28-25(22)34/h4-5,8,10,12,16,21-23,27H,6-7,9,11,13-15H2,1-3H3,(H,28,33,34)/t21-,22?,23-/m0/s1. The Hall–Kier alpha value is -3.24. The molecule has 3 amide bonds. The van der Waals surface area contributed by atoms with Gasteiger partial charge in [-0.25, -0.2) is 0 Å². The van der Waals surface area contributed by atoms with Gasteiger partial charge in [0, 0.05) is 63.5 Å². The number of fused-ring (bicyclic) bond motifs is 1.